The zero-order valence-corrected chi connectivity index (χ0v) is 19.9. The fourth-order valence-corrected chi connectivity index (χ4v) is 4.29. The highest BCUT2D eigenvalue weighted by Crippen LogP contribution is 2.25. The average Bonchev–Trinajstić information content (AvgIpc) is 3.16. The van der Waals surface area contributed by atoms with Crippen molar-refractivity contribution in [1.29, 1.82) is 0 Å². The minimum absolute atomic E-state index is 0.0737. The fourth-order valence-electron chi connectivity index (χ4n) is 3.97. The number of hydrogen-bond donors (Lipinski definition) is 1. The van der Waals surface area contributed by atoms with E-state index in [2.05, 4.69) is 16.0 Å². The van der Waals surface area contributed by atoms with Gasteiger partial charge in [0.1, 0.15) is 5.82 Å². The molecule has 0 saturated carbocycles. The van der Waals surface area contributed by atoms with Gasteiger partial charge in [-0.1, -0.05) is 78.2 Å². The lowest BCUT2D eigenvalue weighted by Crippen LogP contribution is -2.26. The Labute approximate surface area is 204 Å². The zero-order valence-electron chi connectivity index (χ0n) is 18.4. The third-order valence-corrected chi connectivity index (χ3v) is 6.40. The van der Waals surface area contributed by atoms with Gasteiger partial charge in [-0.25, -0.2) is 4.98 Å². The van der Waals surface area contributed by atoms with Crippen LogP contribution >= 0.6 is 23.2 Å². The number of nitrogens with zero attached hydrogens (tertiary/aromatic N) is 2. The number of para-hydroxylation sites is 2. The normalized spacial score (nSPS) is 11.1. The number of aromatic nitrogens is 2. The highest BCUT2D eigenvalue weighted by Gasteiger charge is 2.11. The predicted octanol–water partition coefficient (Wildman–Crippen LogP) is 6.46. The number of carbonyl (C=O) groups excluding carboxylic acids is 1. The Morgan fingerprint density at radius 1 is 0.848 bits per heavy atom. The van der Waals surface area contributed by atoms with E-state index >= 15 is 0 Å². The highest BCUT2D eigenvalue weighted by molar-refractivity contribution is 6.42. The van der Waals surface area contributed by atoms with Gasteiger partial charge in [0, 0.05) is 19.5 Å². The van der Waals surface area contributed by atoms with Gasteiger partial charge in [0.25, 0.3) is 0 Å². The minimum Gasteiger partial charge on any atom is -0.356 e. The van der Waals surface area contributed by atoms with Crippen molar-refractivity contribution in [2.45, 2.75) is 38.6 Å². The molecule has 0 unspecified atom stereocenters. The number of fused-ring (bicyclic) bond motifs is 1. The molecule has 4 aromatic rings. The van der Waals surface area contributed by atoms with Gasteiger partial charge in [0.2, 0.25) is 5.91 Å². The number of amides is 1. The lowest BCUT2D eigenvalue weighted by Gasteiger charge is -2.11. The summed E-state index contributed by atoms with van der Waals surface area (Å²) in [7, 11) is 0. The first-order valence-corrected chi connectivity index (χ1v) is 12.0. The number of aryl methyl sites for hydroxylation is 1. The highest BCUT2D eigenvalue weighted by atomic mass is 35.5. The van der Waals surface area contributed by atoms with Crippen LogP contribution in [0.1, 0.15) is 36.2 Å². The van der Waals surface area contributed by atoms with Crippen molar-refractivity contribution < 1.29 is 4.79 Å². The van der Waals surface area contributed by atoms with Gasteiger partial charge < -0.3 is 9.88 Å². The Bertz CT molecular complexity index is 1220. The van der Waals surface area contributed by atoms with E-state index in [9.17, 15) is 4.79 Å². The van der Waals surface area contributed by atoms with E-state index < -0.39 is 0 Å². The first-order valence-electron chi connectivity index (χ1n) is 11.3. The summed E-state index contributed by atoms with van der Waals surface area (Å²) in [5, 5.41) is 4.15. The summed E-state index contributed by atoms with van der Waals surface area (Å²) in [6.07, 6.45) is 4.31. The van der Waals surface area contributed by atoms with Crippen molar-refractivity contribution in [3.63, 3.8) is 0 Å². The molecule has 1 amide bonds. The largest absolute Gasteiger partial charge is 0.356 e. The summed E-state index contributed by atoms with van der Waals surface area (Å²) in [4.78, 5) is 17.0. The van der Waals surface area contributed by atoms with E-state index in [-0.39, 0.29) is 5.91 Å². The van der Waals surface area contributed by atoms with Crippen LogP contribution in [0.25, 0.3) is 11.0 Å². The molecule has 0 saturated heterocycles. The van der Waals surface area contributed by atoms with Crippen LogP contribution in [0.3, 0.4) is 0 Å². The Morgan fingerprint density at radius 3 is 2.45 bits per heavy atom. The number of halogens is 2. The third-order valence-electron chi connectivity index (χ3n) is 5.67. The SMILES string of the molecule is O=C(Cc1ccccc1)NCCCCCc1nc2ccccc2n1Cc1ccc(Cl)c(Cl)c1. The van der Waals surface area contributed by atoms with Crippen molar-refractivity contribution in [3.05, 3.63) is 99.8 Å². The second kappa shape index (κ2) is 11.4. The maximum Gasteiger partial charge on any atom is 0.224 e. The molecule has 0 bridgehead atoms. The molecular formula is C27H27Cl2N3O. The Hall–Kier alpha value is -2.82. The number of rotatable bonds is 10. The van der Waals surface area contributed by atoms with Gasteiger partial charge in [-0.05, 0) is 48.2 Å². The molecule has 1 heterocycles. The molecule has 6 heteroatoms. The van der Waals surface area contributed by atoms with Gasteiger partial charge in [0.05, 0.1) is 27.5 Å². The summed E-state index contributed by atoms with van der Waals surface area (Å²) in [6.45, 7) is 1.40. The second-order valence-corrected chi connectivity index (χ2v) is 8.99. The van der Waals surface area contributed by atoms with Crippen LogP contribution in [-0.2, 0) is 24.2 Å². The molecule has 0 atom stereocenters. The summed E-state index contributed by atoms with van der Waals surface area (Å²) < 4.78 is 2.26. The predicted molar refractivity (Wildman–Crippen MR) is 136 cm³/mol. The number of hydrogen-bond acceptors (Lipinski definition) is 2. The lowest BCUT2D eigenvalue weighted by atomic mass is 10.1. The molecule has 170 valence electrons. The maximum atomic E-state index is 12.1. The van der Waals surface area contributed by atoms with Crippen molar-refractivity contribution in [1.82, 2.24) is 14.9 Å². The molecular weight excluding hydrogens is 453 g/mol. The van der Waals surface area contributed by atoms with E-state index in [0.29, 0.717) is 29.6 Å². The average molecular weight is 480 g/mol. The molecule has 0 spiro atoms. The van der Waals surface area contributed by atoms with Crippen LogP contribution < -0.4 is 5.32 Å². The maximum absolute atomic E-state index is 12.1. The molecule has 0 radical (unpaired) electrons. The van der Waals surface area contributed by atoms with Crippen LogP contribution in [0.5, 0.6) is 0 Å². The Morgan fingerprint density at radius 2 is 1.64 bits per heavy atom. The van der Waals surface area contributed by atoms with Crippen molar-refractivity contribution >= 4 is 40.1 Å². The van der Waals surface area contributed by atoms with E-state index in [0.717, 1.165) is 53.7 Å². The van der Waals surface area contributed by atoms with Gasteiger partial charge in [-0.2, -0.15) is 0 Å². The topological polar surface area (TPSA) is 46.9 Å². The molecule has 0 aliphatic carbocycles. The smallest absolute Gasteiger partial charge is 0.224 e. The van der Waals surface area contributed by atoms with Gasteiger partial charge in [0.15, 0.2) is 0 Å². The van der Waals surface area contributed by atoms with Crippen molar-refractivity contribution in [3.8, 4) is 0 Å². The number of carbonyl (C=O) groups is 1. The second-order valence-electron chi connectivity index (χ2n) is 8.17. The molecule has 3 aromatic carbocycles. The summed E-state index contributed by atoms with van der Waals surface area (Å²) in [6, 6.07) is 23.8. The van der Waals surface area contributed by atoms with Crippen LogP contribution in [0.4, 0.5) is 0 Å². The van der Waals surface area contributed by atoms with E-state index in [4.69, 9.17) is 28.2 Å². The molecule has 0 fully saturated rings. The van der Waals surface area contributed by atoms with Crippen LogP contribution in [-0.4, -0.2) is 22.0 Å². The van der Waals surface area contributed by atoms with E-state index in [1.54, 1.807) is 0 Å². The minimum atomic E-state index is 0.0737. The van der Waals surface area contributed by atoms with E-state index in [1.165, 1.54) is 0 Å². The zero-order chi connectivity index (χ0) is 23.0. The third kappa shape index (κ3) is 6.37. The first-order chi connectivity index (χ1) is 16.1. The summed E-state index contributed by atoms with van der Waals surface area (Å²) >= 11 is 12.3. The molecule has 4 nitrogen and oxygen atoms in total. The van der Waals surface area contributed by atoms with E-state index in [1.807, 2.05) is 66.7 Å². The van der Waals surface area contributed by atoms with Gasteiger partial charge in [-0.15, -0.1) is 0 Å². The van der Waals surface area contributed by atoms with Crippen LogP contribution in [0.15, 0.2) is 72.8 Å². The molecule has 1 N–H and O–H groups in total. The standard InChI is InChI=1S/C27H27Cl2N3O/c28-22-15-14-21(17-23(22)29)19-32-25-12-7-6-11-24(25)31-26(32)13-5-2-8-16-30-27(33)18-20-9-3-1-4-10-20/h1,3-4,6-7,9-12,14-15,17H,2,5,8,13,16,18-19H2,(H,30,33). The number of imidazole rings is 1. The number of unbranched alkanes of at least 4 members (excludes halogenated alkanes) is 2. The summed E-state index contributed by atoms with van der Waals surface area (Å²) in [5.41, 5.74) is 4.25. The van der Waals surface area contributed by atoms with Gasteiger partial charge in [-0.3, -0.25) is 4.79 Å². The van der Waals surface area contributed by atoms with Crippen molar-refractivity contribution in [2.24, 2.45) is 0 Å². The van der Waals surface area contributed by atoms with Crippen LogP contribution in [0, 0.1) is 0 Å². The van der Waals surface area contributed by atoms with Crippen LogP contribution in [0.2, 0.25) is 10.0 Å². The quantitative estimate of drug-likeness (QED) is 0.265. The molecule has 0 aliphatic rings. The molecule has 33 heavy (non-hydrogen) atoms. The molecule has 4 rings (SSSR count). The number of nitrogens with one attached hydrogen (secondary N) is 1. The van der Waals surface area contributed by atoms with Crippen molar-refractivity contribution in [2.75, 3.05) is 6.54 Å². The monoisotopic (exact) mass is 479 g/mol. The number of benzene rings is 3. The molecule has 1 aromatic heterocycles. The first kappa shape index (κ1) is 23.3. The lowest BCUT2D eigenvalue weighted by molar-refractivity contribution is -0.120. The molecule has 0 aliphatic heterocycles. The Balaban J connectivity index is 1.30. The fraction of sp³-hybridized carbons (Fsp3) is 0.259. The Kier molecular flexibility index (Phi) is 8.03. The van der Waals surface area contributed by atoms with Gasteiger partial charge >= 0.3 is 0 Å². The summed E-state index contributed by atoms with van der Waals surface area (Å²) in [5.74, 6) is 1.14.